The van der Waals surface area contributed by atoms with Gasteiger partial charge in [-0.05, 0) is 61.0 Å². The zero-order valence-corrected chi connectivity index (χ0v) is 20.7. The van der Waals surface area contributed by atoms with E-state index in [1.165, 1.54) is 4.57 Å². The van der Waals surface area contributed by atoms with Gasteiger partial charge in [0.25, 0.3) is 5.56 Å². The Bertz CT molecular complexity index is 1490. The van der Waals surface area contributed by atoms with Crippen molar-refractivity contribution < 1.29 is 19.0 Å². The molecule has 2 aromatic heterocycles. The van der Waals surface area contributed by atoms with Crippen molar-refractivity contribution >= 4 is 40.1 Å². The number of aromatic nitrogens is 3. The number of methoxy groups -OCH3 is 3. The van der Waals surface area contributed by atoms with Crippen LogP contribution in [0.5, 0.6) is 17.2 Å². The summed E-state index contributed by atoms with van der Waals surface area (Å²) < 4.78 is 17.7. The lowest BCUT2D eigenvalue weighted by Gasteiger charge is -2.10. The molecule has 2 heterocycles. The van der Waals surface area contributed by atoms with Crippen molar-refractivity contribution in [2.45, 2.75) is 25.8 Å². The van der Waals surface area contributed by atoms with E-state index in [0.717, 1.165) is 16.5 Å². The zero-order valence-electron chi connectivity index (χ0n) is 19.9. The van der Waals surface area contributed by atoms with Crippen molar-refractivity contribution in [3.63, 3.8) is 0 Å². The summed E-state index contributed by atoms with van der Waals surface area (Å²) in [4.78, 5) is 31.7. The molecule has 4 aromatic rings. The van der Waals surface area contributed by atoms with Gasteiger partial charge in [0.15, 0.2) is 16.3 Å². The van der Waals surface area contributed by atoms with Crippen LogP contribution in [0.3, 0.4) is 0 Å². The molecule has 0 unspecified atom stereocenters. The number of nitrogens with one attached hydrogen (secondary N) is 3. The van der Waals surface area contributed by atoms with Crippen LogP contribution in [0, 0.1) is 4.77 Å². The lowest BCUT2D eigenvalue weighted by molar-refractivity contribution is -0.121. The molecule has 0 atom stereocenters. The molecule has 2 aromatic carbocycles. The van der Waals surface area contributed by atoms with Gasteiger partial charge < -0.3 is 29.5 Å². The summed E-state index contributed by atoms with van der Waals surface area (Å²) in [5, 5.41) is 3.76. The molecule has 3 N–H and O–H groups in total. The number of H-pyrrole nitrogens is 2. The second-order valence-electron chi connectivity index (χ2n) is 8.07. The van der Waals surface area contributed by atoms with E-state index in [1.807, 2.05) is 36.4 Å². The Morgan fingerprint density at radius 3 is 2.54 bits per heavy atom. The third kappa shape index (κ3) is 5.17. The second-order valence-corrected chi connectivity index (χ2v) is 8.45. The van der Waals surface area contributed by atoms with E-state index < -0.39 is 0 Å². The number of rotatable bonds is 10. The van der Waals surface area contributed by atoms with E-state index in [2.05, 4.69) is 15.3 Å². The highest BCUT2D eigenvalue weighted by atomic mass is 32.1. The average molecular weight is 497 g/mol. The van der Waals surface area contributed by atoms with Gasteiger partial charge in [0, 0.05) is 30.4 Å². The molecule has 4 rings (SSSR count). The van der Waals surface area contributed by atoms with E-state index in [0.29, 0.717) is 59.0 Å². The van der Waals surface area contributed by atoms with Crippen molar-refractivity contribution in [3.05, 3.63) is 57.1 Å². The highest BCUT2D eigenvalue weighted by Crippen LogP contribution is 2.28. The van der Waals surface area contributed by atoms with Gasteiger partial charge in [-0.3, -0.25) is 14.2 Å². The van der Waals surface area contributed by atoms with Crippen LogP contribution in [0.4, 0.5) is 0 Å². The number of carbonyl (C=O) groups is 1. The largest absolute Gasteiger partial charge is 0.497 e. The molecule has 184 valence electrons. The SMILES string of the molecule is COc1ccc2[nH]c3c(=O)n(CCCC(=O)NCCc4ccc(OC)c(OC)c4)c(=S)[nH]c3c2c1. The molecule has 0 aliphatic carbocycles. The van der Waals surface area contributed by atoms with E-state index in [4.69, 9.17) is 26.4 Å². The van der Waals surface area contributed by atoms with Gasteiger partial charge in [-0.2, -0.15) is 0 Å². The van der Waals surface area contributed by atoms with E-state index in [-0.39, 0.29) is 17.9 Å². The summed E-state index contributed by atoms with van der Waals surface area (Å²) in [6, 6.07) is 11.2. The Balaban J connectivity index is 1.35. The summed E-state index contributed by atoms with van der Waals surface area (Å²) in [6.07, 6.45) is 1.44. The fraction of sp³-hybridized carbons (Fsp3) is 0.320. The summed E-state index contributed by atoms with van der Waals surface area (Å²) in [7, 11) is 4.78. The molecular weight excluding hydrogens is 468 g/mol. The molecule has 0 fully saturated rings. The Hall–Kier alpha value is -3.79. The van der Waals surface area contributed by atoms with Gasteiger partial charge >= 0.3 is 0 Å². The first-order chi connectivity index (χ1) is 16.9. The molecule has 35 heavy (non-hydrogen) atoms. The first-order valence-electron chi connectivity index (χ1n) is 11.2. The maximum absolute atomic E-state index is 13.1. The van der Waals surface area contributed by atoms with Crippen LogP contribution in [0.15, 0.2) is 41.2 Å². The molecule has 0 spiro atoms. The minimum Gasteiger partial charge on any atom is -0.497 e. The minimum atomic E-state index is -0.215. The normalized spacial score (nSPS) is 11.1. The highest BCUT2D eigenvalue weighted by Gasteiger charge is 2.13. The van der Waals surface area contributed by atoms with Gasteiger partial charge in [0.1, 0.15) is 11.3 Å². The average Bonchev–Trinajstić information content (AvgIpc) is 3.23. The number of hydrogen-bond donors (Lipinski definition) is 3. The zero-order chi connectivity index (χ0) is 24.9. The Morgan fingerprint density at radius 2 is 1.80 bits per heavy atom. The van der Waals surface area contributed by atoms with Gasteiger partial charge in [-0.1, -0.05) is 6.07 Å². The molecule has 1 amide bonds. The summed E-state index contributed by atoms with van der Waals surface area (Å²) in [5.41, 5.74) is 2.73. The van der Waals surface area contributed by atoms with E-state index in [9.17, 15) is 9.59 Å². The summed E-state index contributed by atoms with van der Waals surface area (Å²) >= 11 is 5.44. The van der Waals surface area contributed by atoms with Gasteiger partial charge in [0.2, 0.25) is 5.91 Å². The van der Waals surface area contributed by atoms with Gasteiger partial charge in [-0.15, -0.1) is 0 Å². The van der Waals surface area contributed by atoms with Crippen molar-refractivity contribution in [2.75, 3.05) is 27.9 Å². The number of hydrogen-bond acceptors (Lipinski definition) is 6. The van der Waals surface area contributed by atoms with Gasteiger partial charge in [0.05, 0.1) is 26.8 Å². The van der Waals surface area contributed by atoms with Crippen LogP contribution in [0.1, 0.15) is 18.4 Å². The van der Waals surface area contributed by atoms with E-state index >= 15 is 0 Å². The number of aromatic amines is 2. The quantitative estimate of drug-likeness (QED) is 0.289. The lowest BCUT2D eigenvalue weighted by atomic mass is 10.1. The molecule has 0 saturated heterocycles. The maximum atomic E-state index is 13.1. The molecule has 0 bridgehead atoms. The topological polar surface area (TPSA) is 110 Å². The standard InChI is InChI=1S/C25H28N4O5S/c1-32-16-7-8-18-17(14-16)22-23(27-18)24(31)29(25(35)28-22)12-4-5-21(30)26-11-10-15-6-9-19(33-2)20(13-15)34-3/h6-9,13-14,27H,4-5,10-12H2,1-3H3,(H,26,30)(H,28,35). The monoisotopic (exact) mass is 496 g/mol. The predicted molar refractivity (Wildman–Crippen MR) is 137 cm³/mol. The minimum absolute atomic E-state index is 0.0767. The molecule has 0 radical (unpaired) electrons. The Kier molecular flexibility index (Phi) is 7.40. The predicted octanol–water partition coefficient (Wildman–Crippen LogP) is 3.71. The van der Waals surface area contributed by atoms with Gasteiger partial charge in [-0.25, -0.2) is 0 Å². The number of benzene rings is 2. The third-order valence-corrected chi connectivity index (χ3v) is 6.23. The molecular formula is C25H28N4O5S. The fourth-order valence-corrected chi connectivity index (χ4v) is 4.34. The molecule has 0 saturated carbocycles. The van der Waals surface area contributed by atoms with Crippen LogP contribution in [-0.2, 0) is 17.8 Å². The molecule has 9 nitrogen and oxygen atoms in total. The summed E-state index contributed by atoms with van der Waals surface area (Å²) in [6.45, 7) is 0.838. The van der Waals surface area contributed by atoms with Crippen LogP contribution in [0.2, 0.25) is 0 Å². The van der Waals surface area contributed by atoms with Crippen molar-refractivity contribution in [3.8, 4) is 17.2 Å². The number of fused-ring (bicyclic) bond motifs is 3. The van der Waals surface area contributed by atoms with Crippen molar-refractivity contribution in [1.29, 1.82) is 0 Å². The lowest BCUT2D eigenvalue weighted by Crippen LogP contribution is -2.27. The molecule has 0 aliphatic heterocycles. The van der Waals surface area contributed by atoms with E-state index in [1.54, 1.807) is 21.3 Å². The Morgan fingerprint density at radius 1 is 1.00 bits per heavy atom. The third-order valence-electron chi connectivity index (χ3n) is 5.91. The van der Waals surface area contributed by atoms with Crippen LogP contribution in [0.25, 0.3) is 21.9 Å². The summed E-state index contributed by atoms with van der Waals surface area (Å²) in [5.74, 6) is 1.94. The van der Waals surface area contributed by atoms with Crippen molar-refractivity contribution in [2.24, 2.45) is 0 Å². The first kappa shape index (κ1) is 24.3. The fourth-order valence-electron chi connectivity index (χ4n) is 4.06. The smallest absolute Gasteiger partial charge is 0.278 e. The second kappa shape index (κ2) is 10.6. The molecule has 0 aliphatic rings. The number of carbonyl (C=O) groups excluding carboxylic acids is 1. The highest BCUT2D eigenvalue weighted by molar-refractivity contribution is 7.71. The number of amides is 1. The number of ether oxygens (including phenoxy) is 3. The number of nitrogens with zero attached hydrogens (tertiary/aromatic N) is 1. The van der Waals surface area contributed by atoms with Crippen LogP contribution >= 0.6 is 12.2 Å². The first-order valence-corrected chi connectivity index (χ1v) is 11.7. The Labute approximate surface area is 207 Å². The van der Waals surface area contributed by atoms with Crippen LogP contribution < -0.4 is 25.1 Å². The van der Waals surface area contributed by atoms with Crippen LogP contribution in [-0.4, -0.2) is 48.3 Å². The maximum Gasteiger partial charge on any atom is 0.278 e. The molecule has 10 heteroatoms. The van der Waals surface area contributed by atoms with Crippen molar-refractivity contribution in [1.82, 2.24) is 19.9 Å².